The summed E-state index contributed by atoms with van der Waals surface area (Å²) in [5.74, 6) is 0.362. The molecule has 1 saturated carbocycles. The molecular formula is C18H28N2OS. The Kier molecular flexibility index (Phi) is 5.32. The van der Waals surface area contributed by atoms with Crippen LogP contribution in [0.25, 0.3) is 0 Å². The van der Waals surface area contributed by atoms with E-state index in [1.807, 2.05) is 24.1 Å². The van der Waals surface area contributed by atoms with Gasteiger partial charge in [-0.05, 0) is 63.4 Å². The van der Waals surface area contributed by atoms with Crippen molar-refractivity contribution in [3.05, 3.63) is 29.8 Å². The lowest BCUT2D eigenvalue weighted by molar-refractivity contribution is 0.159. The first-order valence-electron chi connectivity index (χ1n) is 8.60. The van der Waals surface area contributed by atoms with E-state index in [0.717, 1.165) is 11.8 Å². The average molecular weight is 321 g/mol. The number of likely N-dealkylation sites (N-methyl/N-ethyl adjacent to an activating group) is 1. The summed E-state index contributed by atoms with van der Waals surface area (Å²) in [6.45, 7) is 4.66. The molecule has 1 aromatic carbocycles. The quantitative estimate of drug-likeness (QED) is 0.767. The van der Waals surface area contributed by atoms with Crippen LogP contribution in [-0.4, -0.2) is 45.7 Å². The van der Waals surface area contributed by atoms with E-state index in [2.05, 4.69) is 35.3 Å². The SMILES string of the molecule is CCC(CN(C)SC1CC1)N1CCCC1c1ccc(O)cc1. The van der Waals surface area contributed by atoms with E-state index in [4.69, 9.17) is 0 Å². The predicted octanol–water partition coefficient (Wildman–Crippen LogP) is 4.05. The number of nitrogens with zero attached hydrogens (tertiary/aromatic N) is 2. The van der Waals surface area contributed by atoms with Gasteiger partial charge in [0.1, 0.15) is 5.75 Å². The molecule has 0 amide bonds. The van der Waals surface area contributed by atoms with Gasteiger partial charge in [-0.25, -0.2) is 0 Å². The molecule has 1 saturated heterocycles. The van der Waals surface area contributed by atoms with Gasteiger partial charge >= 0.3 is 0 Å². The number of phenolic OH excluding ortho intramolecular Hbond substituents is 1. The Hall–Kier alpha value is -0.710. The second kappa shape index (κ2) is 7.24. The summed E-state index contributed by atoms with van der Waals surface area (Å²) in [7, 11) is 2.25. The van der Waals surface area contributed by atoms with Gasteiger partial charge in [-0.2, -0.15) is 0 Å². The van der Waals surface area contributed by atoms with Gasteiger partial charge in [0.15, 0.2) is 0 Å². The first-order chi connectivity index (χ1) is 10.7. The Bertz CT molecular complexity index is 474. The molecule has 1 N–H and O–H groups in total. The number of hydrogen-bond donors (Lipinski definition) is 1. The van der Waals surface area contributed by atoms with Gasteiger partial charge in [0.25, 0.3) is 0 Å². The second-order valence-corrected chi connectivity index (χ2v) is 8.17. The number of rotatable bonds is 7. The predicted molar refractivity (Wildman–Crippen MR) is 94.1 cm³/mol. The smallest absolute Gasteiger partial charge is 0.115 e. The van der Waals surface area contributed by atoms with Crippen molar-refractivity contribution in [3.8, 4) is 5.75 Å². The van der Waals surface area contributed by atoms with Crippen LogP contribution < -0.4 is 0 Å². The third kappa shape index (κ3) is 3.98. The molecule has 0 radical (unpaired) electrons. The minimum atomic E-state index is 0.362. The first-order valence-corrected chi connectivity index (χ1v) is 9.43. The molecule has 0 spiro atoms. The van der Waals surface area contributed by atoms with E-state index in [1.54, 1.807) is 0 Å². The molecular weight excluding hydrogens is 292 g/mol. The number of likely N-dealkylation sites (tertiary alicyclic amines) is 1. The van der Waals surface area contributed by atoms with Crippen molar-refractivity contribution < 1.29 is 5.11 Å². The van der Waals surface area contributed by atoms with Crippen molar-refractivity contribution in [2.24, 2.45) is 0 Å². The maximum atomic E-state index is 9.51. The summed E-state index contributed by atoms with van der Waals surface area (Å²) in [6, 6.07) is 8.97. The molecule has 2 atom stereocenters. The summed E-state index contributed by atoms with van der Waals surface area (Å²) < 4.78 is 2.46. The lowest BCUT2D eigenvalue weighted by Gasteiger charge is -2.35. The monoisotopic (exact) mass is 320 g/mol. The molecule has 1 aliphatic carbocycles. The third-order valence-electron chi connectivity index (χ3n) is 4.83. The van der Waals surface area contributed by atoms with Gasteiger partial charge in [-0.15, -0.1) is 0 Å². The molecule has 2 unspecified atom stereocenters. The molecule has 1 heterocycles. The molecule has 22 heavy (non-hydrogen) atoms. The highest BCUT2D eigenvalue weighted by Gasteiger charge is 2.32. The molecule has 122 valence electrons. The summed E-state index contributed by atoms with van der Waals surface area (Å²) in [6.07, 6.45) is 6.50. The zero-order chi connectivity index (χ0) is 15.5. The van der Waals surface area contributed by atoms with Gasteiger partial charge in [-0.1, -0.05) is 31.0 Å². The molecule has 1 aromatic rings. The maximum Gasteiger partial charge on any atom is 0.115 e. The molecule has 2 fully saturated rings. The standard InChI is InChI=1S/C18H28N2OS/c1-3-15(13-19(2)22-17-10-11-17)20-12-4-5-18(20)14-6-8-16(21)9-7-14/h6-9,15,17-18,21H,3-5,10-13H2,1-2H3. The molecule has 0 aromatic heterocycles. The van der Waals surface area contributed by atoms with Crippen molar-refractivity contribution in [1.29, 1.82) is 0 Å². The van der Waals surface area contributed by atoms with E-state index < -0.39 is 0 Å². The Morgan fingerprint density at radius 1 is 1.27 bits per heavy atom. The third-order valence-corrected chi connectivity index (χ3v) is 6.11. The number of aromatic hydroxyl groups is 1. The lowest BCUT2D eigenvalue weighted by atomic mass is 10.0. The van der Waals surface area contributed by atoms with Crippen molar-refractivity contribution in [1.82, 2.24) is 9.21 Å². The van der Waals surface area contributed by atoms with Crippen LogP contribution in [0.3, 0.4) is 0 Å². The van der Waals surface area contributed by atoms with Crippen molar-refractivity contribution in [2.45, 2.75) is 56.4 Å². The van der Waals surface area contributed by atoms with Gasteiger partial charge in [0.2, 0.25) is 0 Å². The average Bonchev–Trinajstić information content (AvgIpc) is 3.19. The van der Waals surface area contributed by atoms with Crippen LogP contribution in [0.4, 0.5) is 0 Å². The maximum absolute atomic E-state index is 9.51. The second-order valence-electron chi connectivity index (χ2n) is 6.66. The molecule has 0 bridgehead atoms. The molecule has 4 heteroatoms. The zero-order valence-electron chi connectivity index (χ0n) is 13.7. The number of hydrogen-bond acceptors (Lipinski definition) is 4. The van der Waals surface area contributed by atoms with Crippen LogP contribution in [0.1, 0.15) is 50.6 Å². The van der Waals surface area contributed by atoms with Gasteiger partial charge in [-0.3, -0.25) is 9.21 Å². The van der Waals surface area contributed by atoms with Crippen LogP contribution in [0.5, 0.6) is 5.75 Å². The minimum Gasteiger partial charge on any atom is -0.508 e. The van der Waals surface area contributed by atoms with Gasteiger partial charge in [0.05, 0.1) is 0 Å². The summed E-state index contributed by atoms with van der Waals surface area (Å²) in [5, 5.41) is 10.4. The summed E-state index contributed by atoms with van der Waals surface area (Å²) in [4.78, 5) is 2.69. The van der Waals surface area contributed by atoms with E-state index >= 15 is 0 Å². The zero-order valence-corrected chi connectivity index (χ0v) is 14.6. The highest BCUT2D eigenvalue weighted by atomic mass is 32.2. The Morgan fingerprint density at radius 2 is 2.00 bits per heavy atom. The highest BCUT2D eigenvalue weighted by molar-refractivity contribution is 7.97. The van der Waals surface area contributed by atoms with Crippen molar-refractivity contribution >= 4 is 11.9 Å². The molecule has 3 nitrogen and oxygen atoms in total. The topological polar surface area (TPSA) is 26.7 Å². The number of benzene rings is 1. The lowest BCUT2D eigenvalue weighted by Crippen LogP contribution is -2.40. The molecule has 2 aliphatic rings. The molecule has 3 rings (SSSR count). The fourth-order valence-corrected chi connectivity index (χ4v) is 4.63. The van der Waals surface area contributed by atoms with Gasteiger partial charge in [0, 0.05) is 23.9 Å². The van der Waals surface area contributed by atoms with Crippen molar-refractivity contribution in [3.63, 3.8) is 0 Å². The Morgan fingerprint density at radius 3 is 2.64 bits per heavy atom. The first kappa shape index (κ1) is 16.2. The van der Waals surface area contributed by atoms with E-state index in [0.29, 0.717) is 17.8 Å². The van der Waals surface area contributed by atoms with Crippen LogP contribution in [0.15, 0.2) is 24.3 Å². The fraction of sp³-hybridized carbons (Fsp3) is 0.667. The fourth-order valence-electron chi connectivity index (χ4n) is 3.52. The Balaban J connectivity index is 1.65. The van der Waals surface area contributed by atoms with Crippen LogP contribution in [0, 0.1) is 0 Å². The number of phenols is 1. The van der Waals surface area contributed by atoms with Crippen LogP contribution in [0.2, 0.25) is 0 Å². The largest absolute Gasteiger partial charge is 0.508 e. The van der Waals surface area contributed by atoms with Crippen LogP contribution in [-0.2, 0) is 0 Å². The molecule has 1 aliphatic heterocycles. The highest BCUT2D eigenvalue weighted by Crippen LogP contribution is 2.38. The van der Waals surface area contributed by atoms with Gasteiger partial charge < -0.3 is 5.11 Å². The minimum absolute atomic E-state index is 0.362. The summed E-state index contributed by atoms with van der Waals surface area (Å²) >= 11 is 2.04. The summed E-state index contributed by atoms with van der Waals surface area (Å²) in [5.41, 5.74) is 1.35. The van der Waals surface area contributed by atoms with E-state index in [-0.39, 0.29) is 0 Å². The van der Waals surface area contributed by atoms with Crippen LogP contribution >= 0.6 is 11.9 Å². The van der Waals surface area contributed by atoms with Crippen molar-refractivity contribution in [2.75, 3.05) is 20.1 Å². The van der Waals surface area contributed by atoms with E-state index in [9.17, 15) is 5.11 Å². The normalized spacial score (nSPS) is 24.0. The Labute approximate surface area is 138 Å². The van der Waals surface area contributed by atoms with E-state index in [1.165, 1.54) is 44.2 Å².